The van der Waals surface area contributed by atoms with Gasteiger partial charge in [-0.05, 0) is 61.4 Å². The normalized spacial score (nSPS) is 10.8. The third-order valence-electron chi connectivity index (χ3n) is 5.46. The first-order valence-electron chi connectivity index (χ1n) is 11.3. The van der Waals surface area contributed by atoms with Crippen LogP contribution in [0.3, 0.4) is 0 Å². The summed E-state index contributed by atoms with van der Waals surface area (Å²) in [6, 6.07) is 27.3. The fourth-order valence-electron chi connectivity index (χ4n) is 3.75. The van der Waals surface area contributed by atoms with Crippen molar-refractivity contribution in [2.75, 3.05) is 11.9 Å². The van der Waals surface area contributed by atoms with Crippen molar-refractivity contribution in [3.8, 4) is 33.3 Å². The summed E-state index contributed by atoms with van der Waals surface area (Å²) in [4.78, 5) is 17.7. The lowest BCUT2D eigenvalue weighted by Crippen LogP contribution is -2.15. The van der Waals surface area contributed by atoms with Gasteiger partial charge in [-0.1, -0.05) is 42.5 Å². The smallest absolute Gasteiger partial charge is 0.256 e. The maximum atomic E-state index is 13.0. The number of thiazole rings is 1. The Labute approximate surface area is 207 Å². The molecular weight excluding hydrogens is 456 g/mol. The quantitative estimate of drug-likeness (QED) is 0.284. The molecule has 0 saturated heterocycles. The van der Waals surface area contributed by atoms with E-state index in [4.69, 9.17) is 9.72 Å². The number of aryl methyl sites for hydroxylation is 1. The Morgan fingerprint density at radius 1 is 0.943 bits per heavy atom. The van der Waals surface area contributed by atoms with E-state index in [9.17, 15) is 4.79 Å². The Kier molecular flexibility index (Phi) is 6.41. The molecule has 2 heterocycles. The van der Waals surface area contributed by atoms with E-state index in [0.29, 0.717) is 23.1 Å². The molecule has 35 heavy (non-hydrogen) atoms. The van der Waals surface area contributed by atoms with Crippen molar-refractivity contribution in [1.29, 1.82) is 0 Å². The molecule has 0 bridgehead atoms. The van der Waals surface area contributed by atoms with Gasteiger partial charge >= 0.3 is 0 Å². The predicted molar refractivity (Wildman–Crippen MR) is 140 cm³/mol. The van der Waals surface area contributed by atoms with E-state index in [2.05, 4.69) is 10.4 Å². The van der Waals surface area contributed by atoms with Crippen molar-refractivity contribution >= 4 is 23.1 Å². The van der Waals surface area contributed by atoms with Crippen LogP contribution in [0.25, 0.3) is 27.5 Å². The molecular formula is C28H24N4O2S. The number of amides is 1. The van der Waals surface area contributed by atoms with Crippen molar-refractivity contribution in [2.24, 2.45) is 0 Å². The molecule has 0 aliphatic rings. The summed E-state index contributed by atoms with van der Waals surface area (Å²) >= 11 is 1.47. The second-order valence-corrected chi connectivity index (χ2v) is 8.79. The molecule has 0 fully saturated rings. The maximum Gasteiger partial charge on any atom is 0.256 e. The number of hydrogen-bond donors (Lipinski definition) is 1. The molecule has 0 aliphatic carbocycles. The van der Waals surface area contributed by atoms with Crippen LogP contribution in [0.5, 0.6) is 5.75 Å². The second-order valence-electron chi connectivity index (χ2n) is 7.95. The highest BCUT2D eigenvalue weighted by molar-refractivity contribution is 7.12. The summed E-state index contributed by atoms with van der Waals surface area (Å²) in [6.45, 7) is 4.48. The number of ether oxygens (including phenoxy) is 1. The zero-order valence-electron chi connectivity index (χ0n) is 19.4. The summed E-state index contributed by atoms with van der Waals surface area (Å²) in [5.41, 5.74) is 5.37. The first-order valence-corrected chi connectivity index (χ1v) is 12.2. The van der Waals surface area contributed by atoms with Gasteiger partial charge in [-0.25, -0.2) is 4.98 Å². The van der Waals surface area contributed by atoms with Crippen LogP contribution < -0.4 is 10.1 Å². The van der Waals surface area contributed by atoms with Gasteiger partial charge in [-0.3, -0.25) is 4.79 Å². The summed E-state index contributed by atoms with van der Waals surface area (Å²) in [5.74, 6) is 1.21. The van der Waals surface area contributed by atoms with Gasteiger partial charge in [0, 0.05) is 22.6 Å². The van der Waals surface area contributed by atoms with Gasteiger partial charge in [0.1, 0.15) is 11.6 Å². The Morgan fingerprint density at radius 3 is 2.34 bits per heavy atom. The number of hydrogen-bond acceptors (Lipinski definition) is 5. The highest BCUT2D eigenvalue weighted by atomic mass is 32.1. The standard InChI is InChI=1S/C28H24N4O2S/c1-3-34-24-15-13-22(14-16-24)25-18-35-28(29-25)32-26(17-19(2)31-32)30-27(33)23-11-9-21(10-12-23)20-7-5-4-6-8-20/h4-18H,3H2,1-2H3,(H,30,33). The molecule has 2 aromatic heterocycles. The van der Waals surface area contributed by atoms with E-state index in [1.165, 1.54) is 11.3 Å². The third kappa shape index (κ3) is 5.00. The van der Waals surface area contributed by atoms with Gasteiger partial charge in [-0.2, -0.15) is 9.78 Å². The largest absolute Gasteiger partial charge is 0.494 e. The molecule has 0 radical (unpaired) electrons. The molecule has 1 amide bonds. The summed E-state index contributed by atoms with van der Waals surface area (Å²) < 4.78 is 7.19. The Balaban J connectivity index is 1.35. The van der Waals surface area contributed by atoms with Crippen LogP contribution in [-0.4, -0.2) is 27.3 Å². The van der Waals surface area contributed by atoms with Gasteiger partial charge in [0.2, 0.25) is 5.13 Å². The number of anilines is 1. The van der Waals surface area contributed by atoms with Crippen LogP contribution in [0, 0.1) is 6.92 Å². The van der Waals surface area contributed by atoms with Crippen LogP contribution in [0.15, 0.2) is 90.3 Å². The monoisotopic (exact) mass is 480 g/mol. The molecule has 7 heteroatoms. The van der Waals surface area contributed by atoms with Crippen molar-refractivity contribution in [1.82, 2.24) is 14.8 Å². The fraction of sp³-hybridized carbons (Fsp3) is 0.107. The summed E-state index contributed by atoms with van der Waals surface area (Å²) in [6.07, 6.45) is 0. The van der Waals surface area contributed by atoms with Gasteiger partial charge < -0.3 is 10.1 Å². The fourth-order valence-corrected chi connectivity index (χ4v) is 4.55. The van der Waals surface area contributed by atoms with Gasteiger partial charge in [0.05, 0.1) is 18.0 Å². The molecule has 0 spiro atoms. The Morgan fingerprint density at radius 2 is 1.63 bits per heavy atom. The van der Waals surface area contributed by atoms with E-state index in [0.717, 1.165) is 33.8 Å². The number of nitrogens with one attached hydrogen (secondary N) is 1. The van der Waals surface area contributed by atoms with Crippen LogP contribution in [0.1, 0.15) is 23.0 Å². The lowest BCUT2D eigenvalue weighted by Gasteiger charge is -2.08. The molecule has 6 nitrogen and oxygen atoms in total. The van der Waals surface area contributed by atoms with E-state index in [1.807, 2.05) is 104 Å². The van der Waals surface area contributed by atoms with Gasteiger partial charge in [0.15, 0.2) is 0 Å². The molecule has 0 unspecified atom stereocenters. The zero-order valence-corrected chi connectivity index (χ0v) is 20.3. The minimum absolute atomic E-state index is 0.200. The average molecular weight is 481 g/mol. The first kappa shape index (κ1) is 22.6. The van der Waals surface area contributed by atoms with Crippen LogP contribution in [0.2, 0.25) is 0 Å². The van der Waals surface area contributed by atoms with Crippen LogP contribution >= 0.6 is 11.3 Å². The number of nitrogens with zero attached hydrogens (tertiary/aromatic N) is 3. The molecule has 5 aromatic rings. The molecule has 0 atom stereocenters. The number of carbonyl (C=O) groups excluding carboxylic acids is 1. The molecule has 1 N–H and O–H groups in total. The topological polar surface area (TPSA) is 69.0 Å². The number of benzene rings is 3. The minimum atomic E-state index is -0.200. The molecule has 0 saturated carbocycles. The van der Waals surface area contributed by atoms with E-state index < -0.39 is 0 Å². The lowest BCUT2D eigenvalue weighted by atomic mass is 10.0. The number of rotatable bonds is 7. The lowest BCUT2D eigenvalue weighted by molar-refractivity contribution is 0.102. The minimum Gasteiger partial charge on any atom is -0.494 e. The van der Waals surface area contributed by atoms with Crippen molar-refractivity contribution in [3.63, 3.8) is 0 Å². The number of aromatic nitrogens is 3. The molecule has 3 aromatic carbocycles. The third-order valence-corrected chi connectivity index (χ3v) is 6.28. The molecule has 5 rings (SSSR count). The van der Waals surface area contributed by atoms with Gasteiger partial charge in [-0.15, -0.1) is 11.3 Å². The van der Waals surface area contributed by atoms with E-state index in [-0.39, 0.29) is 5.91 Å². The van der Waals surface area contributed by atoms with E-state index >= 15 is 0 Å². The molecule has 174 valence electrons. The van der Waals surface area contributed by atoms with Crippen molar-refractivity contribution in [3.05, 3.63) is 102 Å². The van der Waals surface area contributed by atoms with Crippen LogP contribution in [0.4, 0.5) is 5.82 Å². The van der Waals surface area contributed by atoms with Crippen LogP contribution in [-0.2, 0) is 0 Å². The highest BCUT2D eigenvalue weighted by Crippen LogP contribution is 2.28. The first-order chi connectivity index (χ1) is 17.1. The Bertz CT molecular complexity index is 1440. The molecule has 0 aliphatic heterocycles. The average Bonchev–Trinajstić information content (AvgIpc) is 3.52. The van der Waals surface area contributed by atoms with Crippen molar-refractivity contribution < 1.29 is 9.53 Å². The Hall–Kier alpha value is -4.23. The SMILES string of the molecule is CCOc1ccc(-c2csc(-n3nc(C)cc3NC(=O)c3ccc(-c4ccccc4)cc3)n2)cc1. The zero-order chi connectivity index (χ0) is 24.2. The maximum absolute atomic E-state index is 13.0. The summed E-state index contributed by atoms with van der Waals surface area (Å²) in [5, 5.41) is 10.2. The second kappa shape index (κ2) is 9.95. The van der Waals surface area contributed by atoms with E-state index in [1.54, 1.807) is 4.68 Å². The predicted octanol–water partition coefficient (Wildman–Crippen LogP) is 6.62. The van der Waals surface area contributed by atoms with Crippen molar-refractivity contribution in [2.45, 2.75) is 13.8 Å². The number of carbonyl (C=O) groups is 1. The highest BCUT2D eigenvalue weighted by Gasteiger charge is 2.16. The summed E-state index contributed by atoms with van der Waals surface area (Å²) in [7, 11) is 0. The van der Waals surface area contributed by atoms with Gasteiger partial charge in [0.25, 0.3) is 5.91 Å².